The molecule has 0 unspecified atom stereocenters. The highest BCUT2D eigenvalue weighted by atomic mass is 32.1. The summed E-state index contributed by atoms with van der Waals surface area (Å²) in [7, 11) is 0. The van der Waals surface area contributed by atoms with Crippen molar-refractivity contribution in [2.75, 3.05) is 18.4 Å². The summed E-state index contributed by atoms with van der Waals surface area (Å²) in [6, 6.07) is 9.39. The normalized spacial score (nSPS) is 15.6. The molecule has 0 bridgehead atoms. The molecule has 0 amide bonds. The molecule has 0 atom stereocenters. The number of aromatic nitrogens is 2. The van der Waals surface area contributed by atoms with E-state index < -0.39 is 0 Å². The molecular formula is C20H24N4S. The Bertz CT molecular complexity index is 863. The molecule has 4 nitrogen and oxygen atoms in total. The van der Waals surface area contributed by atoms with Crippen LogP contribution in [0.3, 0.4) is 0 Å². The largest absolute Gasteiger partial charge is 0.367 e. The van der Waals surface area contributed by atoms with E-state index >= 15 is 0 Å². The van der Waals surface area contributed by atoms with E-state index in [0.29, 0.717) is 6.04 Å². The number of piperidine rings is 1. The van der Waals surface area contributed by atoms with Gasteiger partial charge < -0.3 is 10.6 Å². The van der Waals surface area contributed by atoms with Crippen molar-refractivity contribution in [1.82, 2.24) is 15.3 Å². The molecule has 1 saturated heterocycles. The van der Waals surface area contributed by atoms with Crippen LogP contribution in [-0.4, -0.2) is 29.1 Å². The zero-order valence-corrected chi connectivity index (χ0v) is 15.6. The van der Waals surface area contributed by atoms with Crippen LogP contribution in [0.15, 0.2) is 30.6 Å². The van der Waals surface area contributed by atoms with Gasteiger partial charge >= 0.3 is 0 Å². The highest BCUT2D eigenvalue weighted by Crippen LogP contribution is 2.40. The Labute approximate surface area is 152 Å². The van der Waals surface area contributed by atoms with Gasteiger partial charge in [0.15, 0.2) is 0 Å². The topological polar surface area (TPSA) is 49.8 Å². The summed E-state index contributed by atoms with van der Waals surface area (Å²) in [6.45, 7) is 6.51. The number of nitrogens with zero attached hydrogens (tertiary/aromatic N) is 2. The van der Waals surface area contributed by atoms with Gasteiger partial charge in [0.2, 0.25) is 0 Å². The molecular weight excluding hydrogens is 328 g/mol. The maximum Gasteiger partial charge on any atom is 0.139 e. The lowest BCUT2D eigenvalue weighted by Crippen LogP contribution is -2.35. The summed E-state index contributed by atoms with van der Waals surface area (Å²) in [5, 5.41) is 8.28. The van der Waals surface area contributed by atoms with Crippen LogP contribution in [0.4, 0.5) is 5.82 Å². The first-order chi connectivity index (χ1) is 12.3. The van der Waals surface area contributed by atoms with Crippen LogP contribution < -0.4 is 10.6 Å². The van der Waals surface area contributed by atoms with E-state index in [1.54, 1.807) is 17.7 Å². The summed E-state index contributed by atoms with van der Waals surface area (Å²) in [5.74, 6) is 0.982. The van der Waals surface area contributed by atoms with Crippen molar-refractivity contribution in [3.8, 4) is 11.1 Å². The zero-order chi connectivity index (χ0) is 17.2. The van der Waals surface area contributed by atoms with E-state index in [-0.39, 0.29) is 0 Å². The van der Waals surface area contributed by atoms with Gasteiger partial charge in [0.1, 0.15) is 17.0 Å². The maximum atomic E-state index is 4.60. The predicted molar refractivity (Wildman–Crippen MR) is 106 cm³/mol. The summed E-state index contributed by atoms with van der Waals surface area (Å²) in [6.07, 6.45) is 5.02. The minimum absolute atomic E-state index is 0.481. The molecule has 4 rings (SSSR count). The second kappa shape index (κ2) is 7.10. The monoisotopic (exact) mass is 352 g/mol. The Balaban J connectivity index is 1.78. The fourth-order valence-corrected chi connectivity index (χ4v) is 4.58. The highest BCUT2D eigenvalue weighted by Gasteiger charge is 2.19. The van der Waals surface area contributed by atoms with Crippen molar-refractivity contribution in [3.63, 3.8) is 0 Å². The Morgan fingerprint density at radius 2 is 1.92 bits per heavy atom. The molecule has 0 radical (unpaired) electrons. The number of thiophene rings is 1. The molecule has 25 heavy (non-hydrogen) atoms. The van der Waals surface area contributed by atoms with E-state index in [4.69, 9.17) is 0 Å². The first-order valence-electron chi connectivity index (χ1n) is 9.07. The third kappa shape index (κ3) is 3.26. The van der Waals surface area contributed by atoms with Gasteiger partial charge in [-0.1, -0.05) is 31.2 Å². The molecule has 1 aromatic carbocycles. The second-order valence-electron chi connectivity index (χ2n) is 6.65. The van der Waals surface area contributed by atoms with Crippen LogP contribution in [0, 0.1) is 6.92 Å². The molecule has 1 aliphatic heterocycles. The number of fused-ring (bicyclic) bond motifs is 1. The van der Waals surface area contributed by atoms with E-state index in [1.807, 2.05) is 0 Å². The van der Waals surface area contributed by atoms with Crippen LogP contribution in [0.5, 0.6) is 0 Å². The number of benzene rings is 1. The molecule has 3 aromatic rings. The van der Waals surface area contributed by atoms with Crippen LogP contribution in [0.25, 0.3) is 21.3 Å². The third-order valence-electron chi connectivity index (χ3n) is 5.00. The number of anilines is 1. The number of hydrogen-bond acceptors (Lipinski definition) is 5. The van der Waals surface area contributed by atoms with Crippen LogP contribution in [-0.2, 0) is 6.42 Å². The van der Waals surface area contributed by atoms with Crippen molar-refractivity contribution in [1.29, 1.82) is 0 Å². The minimum atomic E-state index is 0.481. The Hall–Kier alpha value is -1.98. The van der Waals surface area contributed by atoms with Crippen LogP contribution >= 0.6 is 11.3 Å². The highest BCUT2D eigenvalue weighted by molar-refractivity contribution is 7.19. The molecule has 2 N–H and O–H groups in total. The van der Waals surface area contributed by atoms with E-state index in [0.717, 1.165) is 43.0 Å². The molecule has 1 fully saturated rings. The average Bonchev–Trinajstić information content (AvgIpc) is 2.99. The fourth-order valence-electron chi connectivity index (χ4n) is 3.57. The van der Waals surface area contributed by atoms with Crippen molar-refractivity contribution < 1.29 is 0 Å². The first-order valence-corrected chi connectivity index (χ1v) is 9.88. The quantitative estimate of drug-likeness (QED) is 0.731. The van der Waals surface area contributed by atoms with Crippen molar-refractivity contribution in [2.45, 2.75) is 39.2 Å². The first kappa shape index (κ1) is 16.5. The van der Waals surface area contributed by atoms with Gasteiger partial charge in [0.25, 0.3) is 0 Å². The molecule has 2 aromatic heterocycles. The predicted octanol–water partition coefficient (Wildman–Crippen LogP) is 4.39. The Morgan fingerprint density at radius 1 is 1.16 bits per heavy atom. The van der Waals surface area contributed by atoms with E-state index in [9.17, 15) is 0 Å². The minimum Gasteiger partial charge on any atom is -0.367 e. The summed E-state index contributed by atoms with van der Waals surface area (Å²) in [5.41, 5.74) is 3.90. The third-order valence-corrected chi connectivity index (χ3v) is 6.01. The van der Waals surface area contributed by atoms with Crippen LogP contribution in [0.1, 0.15) is 30.2 Å². The SMILES string of the molecule is CCc1ccc(-c2c(C)sc3ncnc(NC4CCNCC4)c23)cc1. The number of aryl methyl sites for hydroxylation is 2. The Kier molecular flexibility index (Phi) is 4.68. The van der Waals surface area contributed by atoms with Gasteiger partial charge in [-0.25, -0.2) is 9.97 Å². The maximum absolute atomic E-state index is 4.60. The molecule has 5 heteroatoms. The smallest absolute Gasteiger partial charge is 0.139 e. The molecule has 1 aliphatic rings. The number of hydrogen-bond donors (Lipinski definition) is 2. The van der Waals surface area contributed by atoms with Gasteiger partial charge in [0.05, 0.1) is 5.39 Å². The number of rotatable bonds is 4. The zero-order valence-electron chi connectivity index (χ0n) is 14.8. The standard InChI is InChI=1S/C20H24N4S/c1-3-14-4-6-15(7-5-14)17-13(2)25-20-18(17)19(22-12-23-20)24-16-8-10-21-11-9-16/h4-7,12,16,21H,3,8-11H2,1-2H3,(H,22,23,24). The summed E-state index contributed by atoms with van der Waals surface area (Å²) < 4.78 is 0. The van der Waals surface area contributed by atoms with Gasteiger partial charge in [-0.15, -0.1) is 11.3 Å². The molecule has 0 saturated carbocycles. The molecule has 130 valence electrons. The summed E-state index contributed by atoms with van der Waals surface area (Å²) in [4.78, 5) is 11.5. The van der Waals surface area contributed by atoms with E-state index in [1.165, 1.54) is 27.0 Å². The Morgan fingerprint density at radius 3 is 2.64 bits per heavy atom. The van der Waals surface area contributed by atoms with Gasteiger partial charge in [-0.05, 0) is 50.4 Å². The molecule has 0 spiro atoms. The fraction of sp³-hybridized carbons (Fsp3) is 0.400. The van der Waals surface area contributed by atoms with E-state index in [2.05, 4.69) is 58.7 Å². The molecule has 0 aliphatic carbocycles. The lowest BCUT2D eigenvalue weighted by molar-refractivity contribution is 0.478. The lowest BCUT2D eigenvalue weighted by atomic mass is 10.0. The van der Waals surface area contributed by atoms with Crippen molar-refractivity contribution in [2.24, 2.45) is 0 Å². The van der Waals surface area contributed by atoms with Gasteiger partial charge in [-0.2, -0.15) is 0 Å². The number of nitrogens with one attached hydrogen (secondary N) is 2. The van der Waals surface area contributed by atoms with Crippen LogP contribution in [0.2, 0.25) is 0 Å². The second-order valence-corrected chi connectivity index (χ2v) is 7.86. The van der Waals surface area contributed by atoms with Crippen molar-refractivity contribution >= 4 is 27.4 Å². The molecule has 3 heterocycles. The summed E-state index contributed by atoms with van der Waals surface area (Å²) >= 11 is 1.76. The lowest BCUT2D eigenvalue weighted by Gasteiger charge is -2.24. The average molecular weight is 353 g/mol. The van der Waals surface area contributed by atoms with Gasteiger partial charge in [-0.3, -0.25) is 0 Å². The van der Waals surface area contributed by atoms with Crippen molar-refractivity contribution in [3.05, 3.63) is 41.0 Å². The van der Waals surface area contributed by atoms with Gasteiger partial charge in [0, 0.05) is 16.5 Å².